The van der Waals surface area contributed by atoms with Crippen molar-refractivity contribution in [1.82, 2.24) is 9.78 Å². The number of anilines is 2. The molecular weight excluding hydrogens is 415 g/mol. The molecule has 2 aromatic rings. The lowest BCUT2D eigenvalue weighted by atomic mass is 10.0. The first-order valence-corrected chi connectivity index (χ1v) is 9.72. The lowest BCUT2D eigenvalue weighted by Crippen LogP contribution is -2.49. The fraction of sp³-hybridized carbons (Fsp3) is 0.500. The van der Waals surface area contributed by atoms with Crippen LogP contribution < -0.4 is 15.4 Å². The minimum atomic E-state index is -4.45. The number of benzene rings is 1. The Balaban J connectivity index is 0.00000363. The zero-order valence-electron chi connectivity index (χ0n) is 17.6. The number of morpholine rings is 1. The van der Waals surface area contributed by atoms with E-state index in [1.165, 1.54) is 9.58 Å². The van der Waals surface area contributed by atoms with Gasteiger partial charge in [0.05, 0.1) is 31.2 Å². The Bertz CT molecular complexity index is 938. The zero-order valence-corrected chi connectivity index (χ0v) is 17.6. The number of hydrogen-bond donors (Lipinski definition) is 2. The summed E-state index contributed by atoms with van der Waals surface area (Å²) in [5.41, 5.74) is 7.40. The van der Waals surface area contributed by atoms with Crippen LogP contribution in [0.5, 0.6) is 5.75 Å². The summed E-state index contributed by atoms with van der Waals surface area (Å²) in [5, 5.41) is 12.9. The summed E-state index contributed by atoms with van der Waals surface area (Å²) in [6, 6.07) is 6.59. The molecule has 1 saturated heterocycles. The monoisotopic (exact) mass is 443 g/mol. The van der Waals surface area contributed by atoms with E-state index < -0.39 is 12.3 Å². The molecule has 0 spiro atoms. The second kappa shape index (κ2) is 9.15. The molecule has 1 aliphatic heterocycles. The highest BCUT2D eigenvalue weighted by molar-refractivity contribution is 6.13. The Morgan fingerprint density at radius 1 is 1.42 bits per heavy atom. The average molecular weight is 443 g/mol. The van der Waals surface area contributed by atoms with Gasteiger partial charge in [0.25, 0.3) is 0 Å². The number of rotatable bonds is 7. The Hall–Kier alpha value is -2.79. The standard InChI is InChI=1S/C20H26F3N5O3.H2/c1-12(11-29-3)31-13-4-5-15(24)14(8-13)19(25)16-9-18(26-27(16)2)28-6-7-30-17(10-28)20(21,22)23;/h4-5,8-9,12,17,25H,6-7,10-11,24H2,1-3H3;1H/t12-,17?;/m0./s1. The highest BCUT2D eigenvalue weighted by atomic mass is 19.4. The summed E-state index contributed by atoms with van der Waals surface area (Å²) in [4.78, 5) is 1.51. The summed E-state index contributed by atoms with van der Waals surface area (Å²) in [7, 11) is 3.21. The molecule has 0 saturated carbocycles. The van der Waals surface area contributed by atoms with Gasteiger partial charge in [-0.2, -0.15) is 18.3 Å². The molecule has 1 unspecified atom stereocenters. The van der Waals surface area contributed by atoms with Gasteiger partial charge >= 0.3 is 6.18 Å². The molecule has 2 heterocycles. The van der Waals surface area contributed by atoms with Crippen LogP contribution in [0, 0.1) is 5.41 Å². The van der Waals surface area contributed by atoms with Crippen molar-refractivity contribution in [3.63, 3.8) is 0 Å². The molecule has 0 amide bonds. The van der Waals surface area contributed by atoms with Crippen molar-refractivity contribution in [1.29, 1.82) is 5.41 Å². The molecule has 1 aromatic heterocycles. The van der Waals surface area contributed by atoms with Gasteiger partial charge < -0.3 is 24.8 Å². The Morgan fingerprint density at radius 3 is 2.84 bits per heavy atom. The van der Waals surface area contributed by atoms with E-state index in [9.17, 15) is 13.2 Å². The van der Waals surface area contributed by atoms with Gasteiger partial charge in [0.15, 0.2) is 11.9 Å². The predicted octanol–water partition coefficient (Wildman–Crippen LogP) is 2.85. The van der Waals surface area contributed by atoms with Gasteiger partial charge in [-0.25, -0.2) is 0 Å². The largest absolute Gasteiger partial charge is 0.488 e. The van der Waals surface area contributed by atoms with Crippen LogP contribution in [-0.2, 0) is 16.5 Å². The lowest BCUT2D eigenvalue weighted by Gasteiger charge is -2.33. The quantitative estimate of drug-likeness (QED) is 0.504. The van der Waals surface area contributed by atoms with Crippen molar-refractivity contribution < 1.29 is 28.8 Å². The van der Waals surface area contributed by atoms with Crippen molar-refractivity contribution in [3.8, 4) is 5.75 Å². The number of hydrogen-bond acceptors (Lipinski definition) is 7. The molecule has 1 aliphatic rings. The van der Waals surface area contributed by atoms with Crippen molar-refractivity contribution in [2.45, 2.75) is 25.3 Å². The molecule has 3 N–H and O–H groups in total. The number of alkyl halides is 3. The molecule has 1 aromatic carbocycles. The molecule has 0 bridgehead atoms. The second-order valence-corrected chi connectivity index (χ2v) is 7.37. The lowest BCUT2D eigenvalue weighted by molar-refractivity contribution is -0.221. The third-order valence-electron chi connectivity index (χ3n) is 4.91. The number of nitrogens with one attached hydrogen (secondary N) is 1. The van der Waals surface area contributed by atoms with Crippen molar-refractivity contribution in [2.24, 2.45) is 7.05 Å². The van der Waals surface area contributed by atoms with Crippen LogP contribution >= 0.6 is 0 Å². The third-order valence-corrected chi connectivity index (χ3v) is 4.91. The molecule has 1 fully saturated rings. The number of methoxy groups -OCH3 is 1. The van der Waals surface area contributed by atoms with Gasteiger partial charge in [-0.15, -0.1) is 0 Å². The molecule has 3 rings (SSSR count). The first-order chi connectivity index (χ1) is 14.6. The predicted molar refractivity (Wildman–Crippen MR) is 112 cm³/mol. The van der Waals surface area contributed by atoms with E-state index in [2.05, 4.69) is 5.10 Å². The topological polar surface area (TPSA) is 98.6 Å². The number of aromatic nitrogens is 2. The fourth-order valence-corrected chi connectivity index (χ4v) is 3.36. The maximum atomic E-state index is 13.0. The second-order valence-electron chi connectivity index (χ2n) is 7.37. The van der Waals surface area contributed by atoms with E-state index in [4.69, 9.17) is 25.4 Å². The number of halogens is 3. The molecule has 172 valence electrons. The number of nitrogens with two attached hydrogens (primary N) is 1. The van der Waals surface area contributed by atoms with Crippen LogP contribution in [0.1, 0.15) is 19.6 Å². The van der Waals surface area contributed by atoms with Gasteiger partial charge in [0, 0.05) is 39.4 Å². The van der Waals surface area contributed by atoms with Gasteiger partial charge in [-0.05, 0) is 25.1 Å². The van der Waals surface area contributed by atoms with Crippen molar-refractivity contribution in [2.75, 3.05) is 44.0 Å². The van der Waals surface area contributed by atoms with Crippen molar-refractivity contribution in [3.05, 3.63) is 35.5 Å². The maximum absolute atomic E-state index is 13.0. The van der Waals surface area contributed by atoms with E-state index in [0.717, 1.165) is 0 Å². The molecule has 31 heavy (non-hydrogen) atoms. The van der Waals surface area contributed by atoms with E-state index in [1.54, 1.807) is 38.4 Å². The summed E-state index contributed by atoms with van der Waals surface area (Å²) >= 11 is 0. The fourth-order valence-electron chi connectivity index (χ4n) is 3.36. The van der Waals surface area contributed by atoms with Gasteiger partial charge in [-0.3, -0.25) is 10.1 Å². The minimum absolute atomic E-state index is 0. The Morgan fingerprint density at radius 2 is 2.16 bits per heavy atom. The van der Waals surface area contributed by atoms with E-state index >= 15 is 0 Å². The molecule has 0 radical (unpaired) electrons. The summed E-state index contributed by atoms with van der Waals surface area (Å²) in [5.74, 6) is 0.876. The average Bonchev–Trinajstić information content (AvgIpc) is 3.10. The zero-order chi connectivity index (χ0) is 22.8. The van der Waals surface area contributed by atoms with E-state index in [-0.39, 0.29) is 32.9 Å². The molecule has 2 atom stereocenters. The van der Waals surface area contributed by atoms with Crippen LogP contribution in [0.2, 0.25) is 0 Å². The van der Waals surface area contributed by atoms with Crippen LogP contribution in [-0.4, -0.2) is 67.3 Å². The highest BCUT2D eigenvalue weighted by Gasteiger charge is 2.43. The smallest absolute Gasteiger partial charge is 0.416 e. The third kappa shape index (κ3) is 5.28. The van der Waals surface area contributed by atoms with Gasteiger partial charge in [0.1, 0.15) is 11.9 Å². The van der Waals surface area contributed by atoms with Crippen LogP contribution in [0.3, 0.4) is 0 Å². The van der Waals surface area contributed by atoms with Crippen molar-refractivity contribution >= 4 is 17.2 Å². The first-order valence-electron chi connectivity index (χ1n) is 9.72. The summed E-state index contributed by atoms with van der Waals surface area (Å²) in [6.45, 7) is 2.13. The number of nitrogens with zero attached hydrogens (tertiary/aromatic N) is 3. The number of aryl methyl sites for hydroxylation is 1. The van der Waals surface area contributed by atoms with Gasteiger partial charge in [-0.1, -0.05) is 0 Å². The van der Waals surface area contributed by atoms with Crippen LogP contribution in [0.15, 0.2) is 24.3 Å². The summed E-state index contributed by atoms with van der Waals surface area (Å²) in [6.07, 6.45) is -6.51. The number of ether oxygens (including phenoxy) is 3. The van der Waals surface area contributed by atoms with Gasteiger partial charge in [0.2, 0.25) is 0 Å². The molecule has 0 aliphatic carbocycles. The Kier molecular flexibility index (Phi) is 6.75. The maximum Gasteiger partial charge on any atom is 0.416 e. The van der Waals surface area contributed by atoms with Crippen LogP contribution in [0.4, 0.5) is 24.7 Å². The normalized spacial score (nSPS) is 18.1. The molecular formula is C20H28F3N5O3. The highest BCUT2D eigenvalue weighted by Crippen LogP contribution is 2.29. The van der Waals surface area contributed by atoms with E-state index in [0.29, 0.717) is 35.1 Å². The first kappa shape index (κ1) is 22.9. The number of nitrogen functional groups attached to an aromatic ring is 1. The SMILES string of the molecule is COC[C@H](C)Oc1ccc(N)c(C(=N)c2cc(N3CCOC(C(F)(F)F)C3)nn2C)c1.[HH]. The minimum Gasteiger partial charge on any atom is -0.488 e. The van der Waals surface area contributed by atoms with Crippen LogP contribution in [0.25, 0.3) is 0 Å². The van der Waals surface area contributed by atoms with E-state index in [1.807, 2.05) is 6.92 Å². The summed E-state index contributed by atoms with van der Waals surface area (Å²) < 4.78 is 56.3. The molecule has 8 nitrogen and oxygen atoms in total. The molecule has 11 heteroatoms. The Labute approximate surface area is 179 Å².